The van der Waals surface area contributed by atoms with Gasteiger partial charge in [-0.3, -0.25) is 4.99 Å². The van der Waals surface area contributed by atoms with Crippen LogP contribution in [-0.2, 0) is 9.63 Å². The first-order valence-corrected chi connectivity index (χ1v) is 4.17. The van der Waals surface area contributed by atoms with E-state index in [0.29, 0.717) is 0 Å². The number of hydrogen-bond donors (Lipinski definition) is 2. The number of hydrogen-bond acceptors (Lipinski definition) is 6. The molecule has 0 aliphatic carbocycles. The van der Waals surface area contributed by atoms with Gasteiger partial charge in [-0.2, -0.15) is 5.90 Å². The Hall–Kier alpha value is -1.53. The Kier molecular flexibility index (Phi) is 2.14. The maximum atomic E-state index is 11.1. The summed E-state index contributed by atoms with van der Waals surface area (Å²) in [7, 11) is 0. The van der Waals surface area contributed by atoms with Crippen LogP contribution < -0.4 is 11.2 Å². The predicted octanol–water partition coefficient (Wildman–Crippen LogP) is -0.402. The number of nitrogens with two attached hydrogens (primary N) is 1. The minimum absolute atomic E-state index is 0.136. The molecular formula is C7H7ClN4O2. The lowest BCUT2D eigenvalue weighted by Crippen LogP contribution is -2.37. The number of rotatable bonds is 1. The smallest absolute Gasteiger partial charge is 0.368 e. The van der Waals surface area contributed by atoms with Crippen molar-refractivity contribution in [3.8, 4) is 0 Å². The highest BCUT2D eigenvalue weighted by Crippen LogP contribution is 2.25. The van der Waals surface area contributed by atoms with Gasteiger partial charge in [0.2, 0.25) is 0 Å². The zero-order chi connectivity index (χ0) is 10.1. The van der Waals surface area contributed by atoms with E-state index in [1.54, 1.807) is 23.5 Å². The molecule has 1 atom stereocenters. The van der Waals surface area contributed by atoms with E-state index in [1.807, 2.05) is 0 Å². The number of fused-ring (bicyclic) bond motifs is 1. The largest absolute Gasteiger partial charge is 0.376 e. The molecule has 0 aromatic heterocycles. The summed E-state index contributed by atoms with van der Waals surface area (Å²) in [6.45, 7) is 0. The van der Waals surface area contributed by atoms with Crippen molar-refractivity contribution in [2.75, 3.05) is 0 Å². The molecule has 6 nitrogen and oxygen atoms in total. The Morgan fingerprint density at radius 1 is 1.79 bits per heavy atom. The molecular weight excluding hydrogens is 208 g/mol. The van der Waals surface area contributed by atoms with Gasteiger partial charge in [0, 0.05) is 18.6 Å². The number of halogens is 1. The van der Waals surface area contributed by atoms with Crippen molar-refractivity contribution >= 4 is 23.8 Å². The van der Waals surface area contributed by atoms with Crippen molar-refractivity contribution in [3.05, 3.63) is 23.3 Å². The molecule has 2 rings (SSSR count). The Morgan fingerprint density at radius 2 is 2.57 bits per heavy atom. The second-order valence-electron chi connectivity index (χ2n) is 2.66. The summed E-state index contributed by atoms with van der Waals surface area (Å²) in [6, 6.07) is 0. The molecule has 2 heterocycles. The van der Waals surface area contributed by atoms with Crippen LogP contribution in [0.4, 0.5) is 0 Å². The highest BCUT2D eigenvalue weighted by molar-refractivity contribution is 6.31. The molecule has 74 valence electrons. The van der Waals surface area contributed by atoms with Gasteiger partial charge in [-0.1, -0.05) is 11.6 Å². The van der Waals surface area contributed by atoms with E-state index < -0.39 is 5.97 Å². The molecule has 0 aromatic rings. The fourth-order valence-electron chi connectivity index (χ4n) is 1.24. The normalized spacial score (nSPS) is 23.6. The quantitative estimate of drug-likeness (QED) is 0.459. The van der Waals surface area contributed by atoms with Gasteiger partial charge in [-0.05, 0) is 0 Å². The van der Waals surface area contributed by atoms with Crippen molar-refractivity contribution in [2.45, 2.75) is 6.17 Å². The van der Waals surface area contributed by atoms with Crippen molar-refractivity contribution < 1.29 is 9.63 Å². The SMILES string of the molecule is NOC(=O)C1=C(Cl)N2C=CN=CC2N1. The Bertz CT molecular complexity index is 363. The number of nitrogens with zero attached hydrogens (tertiary/aromatic N) is 2. The van der Waals surface area contributed by atoms with Crippen LogP contribution in [0.5, 0.6) is 0 Å². The Balaban J connectivity index is 2.28. The molecule has 0 saturated heterocycles. The second kappa shape index (κ2) is 3.32. The van der Waals surface area contributed by atoms with Crippen LogP contribution in [0.2, 0.25) is 0 Å². The molecule has 0 bridgehead atoms. The lowest BCUT2D eigenvalue weighted by atomic mass is 10.4. The van der Waals surface area contributed by atoms with Crippen LogP contribution in [0.15, 0.2) is 28.2 Å². The van der Waals surface area contributed by atoms with Gasteiger partial charge in [-0.25, -0.2) is 4.79 Å². The first-order chi connectivity index (χ1) is 6.74. The van der Waals surface area contributed by atoms with Crippen molar-refractivity contribution in [1.29, 1.82) is 0 Å². The van der Waals surface area contributed by atoms with E-state index in [1.165, 1.54) is 0 Å². The van der Waals surface area contributed by atoms with Crippen LogP contribution in [0.3, 0.4) is 0 Å². The Morgan fingerprint density at radius 3 is 3.21 bits per heavy atom. The minimum Gasteiger partial charge on any atom is -0.368 e. The van der Waals surface area contributed by atoms with E-state index in [2.05, 4.69) is 15.1 Å². The van der Waals surface area contributed by atoms with Crippen molar-refractivity contribution in [1.82, 2.24) is 10.2 Å². The monoisotopic (exact) mass is 214 g/mol. The number of carbonyl (C=O) groups excluding carboxylic acids is 1. The third-order valence-electron chi connectivity index (χ3n) is 1.88. The van der Waals surface area contributed by atoms with Gasteiger partial charge >= 0.3 is 5.97 Å². The molecule has 0 spiro atoms. The number of carbonyl (C=O) groups is 1. The fraction of sp³-hybridized carbons (Fsp3) is 0.143. The second-order valence-corrected chi connectivity index (χ2v) is 3.02. The van der Waals surface area contributed by atoms with E-state index in [0.717, 1.165) is 0 Å². The van der Waals surface area contributed by atoms with Crippen LogP contribution in [0.1, 0.15) is 0 Å². The molecule has 0 fully saturated rings. The van der Waals surface area contributed by atoms with E-state index in [4.69, 9.17) is 17.5 Å². The zero-order valence-corrected chi connectivity index (χ0v) is 7.73. The van der Waals surface area contributed by atoms with Gasteiger partial charge in [0.25, 0.3) is 0 Å². The maximum absolute atomic E-state index is 11.1. The summed E-state index contributed by atoms with van der Waals surface area (Å²) < 4.78 is 0. The standard InChI is InChI=1S/C7H7ClN4O2/c8-6-5(7(13)14-9)11-4-3-10-1-2-12(4)6/h1-4,11H,9H2. The summed E-state index contributed by atoms with van der Waals surface area (Å²) >= 11 is 5.90. The molecule has 2 aliphatic rings. The van der Waals surface area contributed by atoms with Crippen LogP contribution in [0.25, 0.3) is 0 Å². The average molecular weight is 215 g/mol. The first-order valence-electron chi connectivity index (χ1n) is 3.79. The van der Waals surface area contributed by atoms with Gasteiger partial charge in [-0.15, -0.1) is 0 Å². The van der Waals surface area contributed by atoms with Crippen molar-refractivity contribution in [2.24, 2.45) is 10.9 Å². The maximum Gasteiger partial charge on any atom is 0.376 e. The zero-order valence-electron chi connectivity index (χ0n) is 6.98. The molecule has 1 unspecified atom stereocenters. The highest BCUT2D eigenvalue weighted by Gasteiger charge is 2.33. The van der Waals surface area contributed by atoms with Gasteiger partial charge in [0.05, 0.1) is 0 Å². The predicted molar refractivity (Wildman–Crippen MR) is 49.6 cm³/mol. The summed E-state index contributed by atoms with van der Waals surface area (Å²) in [5, 5.41) is 3.06. The topological polar surface area (TPSA) is 80.0 Å². The molecule has 7 heteroatoms. The van der Waals surface area contributed by atoms with E-state index in [9.17, 15) is 4.79 Å². The molecule has 0 amide bonds. The van der Waals surface area contributed by atoms with Crippen LogP contribution in [0, 0.1) is 0 Å². The van der Waals surface area contributed by atoms with E-state index in [-0.39, 0.29) is 17.0 Å². The van der Waals surface area contributed by atoms with Gasteiger partial charge in [0.15, 0.2) is 5.70 Å². The van der Waals surface area contributed by atoms with Crippen molar-refractivity contribution in [3.63, 3.8) is 0 Å². The number of aliphatic imine (C=N–C) groups is 1. The third kappa shape index (κ3) is 1.24. The number of nitrogens with one attached hydrogen (secondary N) is 1. The summed E-state index contributed by atoms with van der Waals surface area (Å²) in [5.41, 5.74) is 0.136. The molecule has 0 aromatic carbocycles. The lowest BCUT2D eigenvalue weighted by molar-refractivity contribution is -0.139. The molecule has 0 saturated carbocycles. The average Bonchev–Trinajstić information content (AvgIpc) is 2.56. The third-order valence-corrected chi connectivity index (χ3v) is 2.26. The fourth-order valence-corrected chi connectivity index (χ4v) is 1.53. The summed E-state index contributed by atoms with van der Waals surface area (Å²) in [6.07, 6.45) is 4.58. The highest BCUT2D eigenvalue weighted by atomic mass is 35.5. The summed E-state index contributed by atoms with van der Waals surface area (Å²) in [4.78, 5) is 20.7. The molecule has 14 heavy (non-hydrogen) atoms. The minimum atomic E-state index is -0.703. The van der Waals surface area contributed by atoms with Gasteiger partial charge in [0.1, 0.15) is 11.3 Å². The van der Waals surface area contributed by atoms with Crippen LogP contribution in [-0.4, -0.2) is 23.2 Å². The molecule has 3 N–H and O–H groups in total. The van der Waals surface area contributed by atoms with Crippen LogP contribution >= 0.6 is 11.6 Å². The van der Waals surface area contributed by atoms with Gasteiger partial charge < -0.3 is 15.1 Å². The van der Waals surface area contributed by atoms with E-state index >= 15 is 0 Å². The molecule has 2 aliphatic heterocycles. The molecule has 0 radical (unpaired) electrons. The first kappa shape index (κ1) is 9.04. The Labute approximate surface area is 84.6 Å². The summed E-state index contributed by atoms with van der Waals surface area (Å²) in [5.74, 6) is 4.05. The lowest BCUT2D eigenvalue weighted by Gasteiger charge is -2.21.